The van der Waals surface area contributed by atoms with Gasteiger partial charge in [-0.1, -0.05) is 48.5 Å². The van der Waals surface area contributed by atoms with E-state index in [9.17, 15) is 19.5 Å². The highest BCUT2D eigenvalue weighted by Gasteiger charge is 2.38. The molecule has 2 heterocycles. The van der Waals surface area contributed by atoms with E-state index in [0.717, 1.165) is 22.3 Å². The summed E-state index contributed by atoms with van der Waals surface area (Å²) >= 11 is 0. The highest BCUT2D eigenvalue weighted by atomic mass is 16.5. The Kier molecular flexibility index (Phi) is 6.22. The lowest BCUT2D eigenvalue weighted by Gasteiger charge is -2.27. The number of carbonyl (C=O) groups is 3. The van der Waals surface area contributed by atoms with Crippen LogP contribution in [0, 0.1) is 0 Å². The van der Waals surface area contributed by atoms with Crippen LogP contribution in [0.4, 0.5) is 4.79 Å². The Bertz CT molecular complexity index is 1200. The molecular formula is C26H26N4O5. The number of aromatic nitrogens is 2. The third-order valence-electron chi connectivity index (χ3n) is 6.73. The molecule has 1 fully saturated rings. The summed E-state index contributed by atoms with van der Waals surface area (Å²) in [6.07, 6.45) is 3.47. The van der Waals surface area contributed by atoms with Gasteiger partial charge in [0.15, 0.2) is 0 Å². The number of hydrogen-bond acceptors (Lipinski definition) is 5. The van der Waals surface area contributed by atoms with E-state index < -0.39 is 30.1 Å². The first-order valence-corrected chi connectivity index (χ1v) is 11.6. The molecule has 1 saturated heterocycles. The van der Waals surface area contributed by atoms with E-state index in [1.807, 2.05) is 36.4 Å². The van der Waals surface area contributed by atoms with E-state index >= 15 is 0 Å². The number of carboxylic acid groups (broad SMARTS) is 1. The highest BCUT2D eigenvalue weighted by Crippen LogP contribution is 2.44. The minimum Gasteiger partial charge on any atom is -0.480 e. The summed E-state index contributed by atoms with van der Waals surface area (Å²) in [5.41, 5.74) is 5.07. The Morgan fingerprint density at radius 3 is 2.43 bits per heavy atom. The van der Waals surface area contributed by atoms with Gasteiger partial charge >= 0.3 is 12.1 Å². The number of aromatic amines is 1. The molecule has 1 aromatic heterocycles. The molecule has 5 rings (SSSR count). The number of likely N-dealkylation sites (tertiary alicyclic amines) is 1. The molecule has 3 aromatic rings. The number of aliphatic carboxylic acids is 1. The lowest BCUT2D eigenvalue weighted by molar-refractivity contribution is -0.149. The van der Waals surface area contributed by atoms with Gasteiger partial charge in [-0.15, -0.1) is 0 Å². The minimum absolute atomic E-state index is 0.107. The van der Waals surface area contributed by atoms with Crippen LogP contribution < -0.4 is 5.32 Å². The van der Waals surface area contributed by atoms with Crippen molar-refractivity contribution in [2.45, 2.75) is 37.3 Å². The standard InChI is InChI=1S/C26H26N4O5/c31-24(30-11-5-10-23(30)25(32)33)22(12-16-13-27-15-28-16)29-26(34)35-14-21-19-8-3-1-6-17(19)18-7-2-4-9-20(18)21/h1-4,6-9,13,15,21-23H,5,10-12,14H2,(H,27,28)(H,29,34)(H,32,33)/t22-,23+/m1/s1. The second-order valence-corrected chi connectivity index (χ2v) is 8.83. The summed E-state index contributed by atoms with van der Waals surface area (Å²) in [4.78, 5) is 45.9. The Morgan fingerprint density at radius 1 is 1.11 bits per heavy atom. The maximum absolute atomic E-state index is 13.3. The van der Waals surface area contributed by atoms with Gasteiger partial charge in [0.1, 0.15) is 18.7 Å². The number of ether oxygens (including phenoxy) is 1. The SMILES string of the molecule is O=C(N[C@H](Cc1cnc[nH]1)C(=O)N1CCC[C@H]1C(=O)O)OCC1c2ccccc2-c2ccccc21. The van der Waals surface area contributed by atoms with Gasteiger partial charge < -0.3 is 25.0 Å². The van der Waals surface area contributed by atoms with E-state index in [1.165, 1.54) is 11.2 Å². The van der Waals surface area contributed by atoms with Gasteiger partial charge in [-0.25, -0.2) is 14.6 Å². The number of benzene rings is 2. The molecule has 2 aliphatic rings. The second kappa shape index (κ2) is 9.61. The number of carbonyl (C=O) groups excluding carboxylic acids is 2. The van der Waals surface area contributed by atoms with E-state index in [2.05, 4.69) is 27.4 Å². The minimum atomic E-state index is -1.04. The zero-order valence-electron chi connectivity index (χ0n) is 19.0. The lowest BCUT2D eigenvalue weighted by atomic mass is 9.98. The third kappa shape index (κ3) is 4.49. The highest BCUT2D eigenvalue weighted by molar-refractivity contribution is 5.90. The molecule has 3 N–H and O–H groups in total. The van der Waals surface area contributed by atoms with Crippen molar-refractivity contribution >= 4 is 18.0 Å². The average Bonchev–Trinajstić information content (AvgIpc) is 3.61. The van der Waals surface area contributed by atoms with Crippen LogP contribution in [0.25, 0.3) is 11.1 Å². The van der Waals surface area contributed by atoms with Gasteiger partial charge in [0.05, 0.1) is 6.33 Å². The molecule has 0 spiro atoms. The number of imidazole rings is 1. The van der Waals surface area contributed by atoms with Gasteiger partial charge in [0.25, 0.3) is 0 Å². The van der Waals surface area contributed by atoms with Crippen molar-refractivity contribution in [1.29, 1.82) is 0 Å². The topological polar surface area (TPSA) is 125 Å². The lowest BCUT2D eigenvalue weighted by Crippen LogP contribution is -2.52. The van der Waals surface area contributed by atoms with Crippen molar-refractivity contribution in [2.75, 3.05) is 13.2 Å². The fourth-order valence-corrected chi connectivity index (χ4v) is 5.09. The number of hydrogen-bond donors (Lipinski definition) is 3. The van der Waals surface area contributed by atoms with Gasteiger partial charge in [0, 0.05) is 30.8 Å². The smallest absolute Gasteiger partial charge is 0.407 e. The van der Waals surface area contributed by atoms with Crippen LogP contribution in [0.2, 0.25) is 0 Å². The summed E-state index contributed by atoms with van der Waals surface area (Å²) in [5.74, 6) is -1.60. The molecular weight excluding hydrogens is 448 g/mol. The summed E-state index contributed by atoms with van der Waals surface area (Å²) in [5, 5.41) is 12.2. The third-order valence-corrected chi connectivity index (χ3v) is 6.73. The summed E-state index contributed by atoms with van der Waals surface area (Å²) < 4.78 is 5.61. The predicted octanol–water partition coefficient (Wildman–Crippen LogP) is 2.94. The van der Waals surface area contributed by atoms with Crippen LogP contribution in [0.3, 0.4) is 0 Å². The second-order valence-electron chi connectivity index (χ2n) is 8.83. The fourth-order valence-electron chi connectivity index (χ4n) is 5.09. The molecule has 0 unspecified atom stereocenters. The zero-order valence-corrected chi connectivity index (χ0v) is 19.0. The first-order chi connectivity index (χ1) is 17.0. The Balaban J connectivity index is 1.30. The first-order valence-electron chi connectivity index (χ1n) is 11.6. The number of nitrogens with zero attached hydrogens (tertiary/aromatic N) is 2. The van der Waals surface area contributed by atoms with Crippen molar-refractivity contribution in [3.63, 3.8) is 0 Å². The molecule has 0 radical (unpaired) electrons. The Hall–Kier alpha value is -4.14. The molecule has 2 amide bonds. The normalized spacial score (nSPS) is 17.5. The van der Waals surface area contributed by atoms with Crippen molar-refractivity contribution in [1.82, 2.24) is 20.2 Å². The number of amides is 2. The molecule has 2 atom stereocenters. The van der Waals surface area contributed by atoms with Gasteiger partial charge in [0.2, 0.25) is 5.91 Å². The van der Waals surface area contributed by atoms with Crippen molar-refractivity contribution in [3.8, 4) is 11.1 Å². The number of fused-ring (bicyclic) bond motifs is 3. The molecule has 180 valence electrons. The predicted molar refractivity (Wildman–Crippen MR) is 127 cm³/mol. The number of H-pyrrole nitrogens is 1. The Morgan fingerprint density at radius 2 is 1.80 bits per heavy atom. The molecule has 1 aliphatic carbocycles. The quantitative estimate of drug-likeness (QED) is 0.484. The molecule has 1 aliphatic heterocycles. The summed E-state index contributed by atoms with van der Waals surface area (Å²) in [6, 6.07) is 14.2. The van der Waals surface area contributed by atoms with E-state index in [-0.39, 0.29) is 18.9 Å². The van der Waals surface area contributed by atoms with Crippen LogP contribution in [0.1, 0.15) is 35.6 Å². The number of carboxylic acids is 1. The maximum atomic E-state index is 13.3. The van der Waals surface area contributed by atoms with Gasteiger partial charge in [-0.05, 0) is 35.1 Å². The molecule has 9 nitrogen and oxygen atoms in total. The van der Waals surface area contributed by atoms with Gasteiger partial charge in [-0.2, -0.15) is 0 Å². The number of alkyl carbamates (subject to hydrolysis) is 1. The summed E-state index contributed by atoms with van der Waals surface area (Å²) in [6.45, 7) is 0.452. The molecule has 0 saturated carbocycles. The molecule has 9 heteroatoms. The van der Waals surface area contributed by atoms with Crippen LogP contribution in [0.15, 0.2) is 61.1 Å². The first kappa shape index (κ1) is 22.6. The van der Waals surface area contributed by atoms with E-state index in [0.29, 0.717) is 25.1 Å². The number of rotatable bonds is 7. The monoisotopic (exact) mass is 474 g/mol. The average molecular weight is 475 g/mol. The van der Waals surface area contributed by atoms with Crippen molar-refractivity contribution in [2.24, 2.45) is 0 Å². The van der Waals surface area contributed by atoms with Crippen LogP contribution in [-0.2, 0) is 20.7 Å². The number of nitrogens with one attached hydrogen (secondary N) is 2. The Labute approximate surface area is 202 Å². The molecule has 35 heavy (non-hydrogen) atoms. The maximum Gasteiger partial charge on any atom is 0.407 e. The fraction of sp³-hybridized carbons (Fsp3) is 0.308. The summed E-state index contributed by atoms with van der Waals surface area (Å²) in [7, 11) is 0. The molecule has 2 aromatic carbocycles. The van der Waals surface area contributed by atoms with Crippen molar-refractivity contribution < 1.29 is 24.2 Å². The van der Waals surface area contributed by atoms with E-state index in [1.54, 1.807) is 6.20 Å². The largest absolute Gasteiger partial charge is 0.480 e. The zero-order chi connectivity index (χ0) is 24.4. The molecule has 0 bridgehead atoms. The van der Waals surface area contributed by atoms with Crippen LogP contribution in [0.5, 0.6) is 0 Å². The van der Waals surface area contributed by atoms with Crippen LogP contribution in [-0.4, -0.2) is 63.2 Å². The van der Waals surface area contributed by atoms with E-state index in [4.69, 9.17) is 4.74 Å². The van der Waals surface area contributed by atoms with Crippen LogP contribution >= 0.6 is 0 Å². The van der Waals surface area contributed by atoms with Crippen molar-refractivity contribution in [3.05, 3.63) is 77.9 Å². The van der Waals surface area contributed by atoms with Gasteiger partial charge in [-0.3, -0.25) is 4.79 Å².